The first-order valence-electron chi connectivity index (χ1n) is 16.2. The van der Waals surface area contributed by atoms with Gasteiger partial charge < -0.3 is 19.5 Å². The largest absolute Gasteiger partial charge is 0.496 e. The molecule has 5 aromatic rings. The summed E-state index contributed by atoms with van der Waals surface area (Å²) in [5, 5.41) is 5.12. The summed E-state index contributed by atoms with van der Waals surface area (Å²) in [5.41, 5.74) is 7.77. The molecule has 3 atom stereocenters. The molecule has 1 saturated heterocycles. The number of nitrogens with zero attached hydrogens (tertiary/aromatic N) is 3. The lowest BCUT2D eigenvalue weighted by atomic mass is 10.0. The number of methoxy groups -OCH3 is 1. The van der Waals surface area contributed by atoms with Crippen LogP contribution in [0.4, 0.5) is 0 Å². The van der Waals surface area contributed by atoms with Crippen molar-refractivity contribution < 1.29 is 14.3 Å². The number of hydrogen-bond donors (Lipinski definition) is 1. The van der Waals surface area contributed by atoms with Gasteiger partial charge in [-0.1, -0.05) is 13.0 Å². The van der Waals surface area contributed by atoms with Gasteiger partial charge in [-0.3, -0.25) is 9.59 Å². The number of piperidine rings is 1. The van der Waals surface area contributed by atoms with Crippen LogP contribution in [0, 0.1) is 24.7 Å². The van der Waals surface area contributed by atoms with Gasteiger partial charge >= 0.3 is 0 Å². The molecule has 2 aromatic carbocycles. The Kier molecular flexibility index (Phi) is 5.99. The minimum absolute atomic E-state index is 0.00705. The second kappa shape index (κ2) is 9.91. The van der Waals surface area contributed by atoms with E-state index in [2.05, 4.69) is 59.0 Å². The number of hydrogen-bond acceptors (Lipinski definition) is 5. The Morgan fingerprint density at radius 3 is 2.71 bits per heavy atom. The van der Waals surface area contributed by atoms with E-state index >= 15 is 0 Å². The Labute approximate surface area is 266 Å². The normalized spacial score (nSPS) is 22.1. The molecule has 4 aliphatic rings. The molecule has 0 spiro atoms. The molecule has 1 N–H and O–H groups in total. The van der Waals surface area contributed by atoms with Crippen molar-refractivity contribution in [1.82, 2.24) is 19.8 Å². The van der Waals surface area contributed by atoms with Gasteiger partial charge in [-0.2, -0.15) is 0 Å². The Morgan fingerprint density at radius 1 is 1.09 bits per heavy atom. The van der Waals surface area contributed by atoms with Crippen LogP contribution in [0.25, 0.3) is 42.9 Å². The average molecular weight is 617 g/mol. The van der Waals surface area contributed by atoms with E-state index < -0.39 is 0 Å². The zero-order chi connectivity index (χ0) is 30.6. The van der Waals surface area contributed by atoms with Gasteiger partial charge in [-0.15, -0.1) is 11.3 Å². The van der Waals surface area contributed by atoms with Crippen LogP contribution in [-0.2, 0) is 13.1 Å². The first kappa shape index (κ1) is 27.2. The fraction of sp³-hybridized carbons (Fsp3) is 0.378. The number of carbonyl (C=O) groups excluding carboxylic acids is 2. The van der Waals surface area contributed by atoms with Crippen LogP contribution < -0.4 is 10.1 Å². The van der Waals surface area contributed by atoms with Crippen LogP contribution in [0.2, 0.25) is 0 Å². The number of rotatable bonds is 6. The van der Waals surface area contributed by atoms with Crippen molar-refractivity contribution in [3.8, 4) is 27.6 Å². The predicted octanol–water partition coefficient (Wildman–Crippen LogP) is 7.43. The highest BCUT2D eigenvalue weighted by Crippen LogP contribution is 2.47. The molecule has 0 radical (unpaired) electrons. The van der Waals surface area contributed by atoms with Crippen molar-refractivity contribution >= 4 is 44.3 Å². The third kappa shape index (κ3) is 4.18. The number of aryl methyl sites for hydroxylation is 1. The molecule has 2 saturated carbocycles. The summed E-state index contributed by atoms with van der Waals surface area (Å²) >= 11 is 1.75. The summed E-state index contributed by atoms with van der Waals surface area (Å²) < 4.78 is 9.45. The number of thiophene rings is 1. The second-order valence-corrected chi connectivity index (χ2v) is 14.6. The topological polar surface area (TPSA) is 76.5 Å². The zero-order valence-electron chi connectivity index (χ0n) is 25.9. The summed E-state index contributed by atoms with van der Waals surface area (Å²) in [6, 6.07) is 16.9. The number of ether oxygens (including phenoxy) is 1. The lowest BCUT2D eigenvalue weighted by molar-refractivity contribution is 0.0695. The fourth-order valence-electron chi connectivity index (χ4n) is 8.19. The van der Waals surface area contributed by atoms with Crippen LogP contribution in [0.3, 0.4) is 0 Å². The van der Waals surface area contributed by atoms with Crippen molar-refractivity contribution in [1.29, 1.82) is 0 Å². The van der Waals surface area contributed by atoms with Crippen LogP contribution in [0.1, 0.15) is 64.4 Å². The molecule has 8 heteroatoms. The van der Waals surface area contributed by atoms with E-state index in [9.17, 15) is 9.59 Å². The minimum Gasteiger partial charge on any atom is -0.496 e. The number of fused-ring (bicyclic) bond motifs is 5. The van der Waals surface area contributed by atoms with Crippen molar-refractivity contribution in [2.24, 2.45) is 17.8 Å². The van der Waals surface area contributed by atoms with E-state index in [-0.39, 0.29) is 11.8 Å². The Bertz CT molecular complexity index is 2070. The minimum atomic E-state index is -0.00705. The summed E-state index contributed by atoms with van der Waals surface area (Å²) in [6.07, 6.45) is 4.84. The Morgan fingerprint density at radius 2 is 1.96 bits per heavy atom. The van der Waals surface area contributed by atoms with Crippen LogP contribution in [0.15, 0.2) is 48.5 Å². The number of amides is 2. The average Bonchev–Trinajstić information content (AvgIpc) is 3.26. The van der Waals surface area contributed by atoms with E-state index in [1.54, 1.807) is 18.4 Å². The third-order valence-electron chi connectivity index (χ3n) is 10.9. The molecule has 228 valence electrons. The number of benzene rings is 2. The standard InChI is InChI=1S/C37H36N4O3S/c1-19-24-8-11-29(19)41(18-24)37(43)25-14-31(44-3)33-20(2)34(45-32(33)15-25)30-13-23-7-10-28(39-35(23)40(30)17-21-4-5-21)22-6-9-27-26(12-22)16-38-36(27)42/h6-7,9-10,12-15,19,21,24,29H,4-5,8,11,16-18H2,1-3H3,(H,38,42)/t19-,24?,29?/m1/s1. The van der Waals surface area contributed by atoms with E-state index in [1.165, 1.54) is 35.4 Å². The molecule has 2 amide bonds. The van der Waals surface area contributed by atoms with Gasteiger partial charge in [-0.05, 0) is 104 Å². The number of aromatic nitrogens is 2. The quantitative estimate of drug-likeness (QED) is 0.215. The molecule has 2 bridgehead atoms. The smallest absolute Gasteiger partial charge is 0.254 e. The van der Waals surface area contributed by atoms with E-state index in [4.69, 9.17) is 9.72 Å². The molecule has 9 rings (SSSR count). The SMILES string of the molecule is COc1cc(C(=O)N2CC3CCC2[C@@H]3C)cc2sc(-c3cc4ccc(-c5ccc6c(c5)CNC6=O)nc4n3CC3CC3)c(C)c12. The lowest BCUT2D eigenvalue weighted by Crippen LogP contribution is -2.38. The van der Waals surface area contributed by atoms with Gasteiger partial charge in [0.15, 0.2) is 0 Å². The second-order valence-electron chi connectivity index (χ2n) is 13.6. The maximum absolute atomic E-state index is 13.8. The van der Waals surface area contributed by atoms with Crippen LogP contribution in [-0.4, -0.2) is 46.0 Å². The highest BCUT2D eigenvalue weighted by molar-refractivity contribution is 7.22. The van der Waals surface area contributed by atoms with Crippen LogP contribution in [0.5, 0.6) is 5.75 Å². The summed E-state index contributed by atoms with van der Waals surface area (Å²) in [4.78, 5) is 34.5. The number of nitrogens with one attached hydrogen (secondary N) is 1. The van der Waals surface area contributed by atoms with Crippen molar-refractivity contribution in [2.75, 3.05) is 13.7 Å². The molecule has 3 fully saturated rings. The summed E-state index contributed by atoms with van der Waals surface area (Å²) in [7, 11) is 1.71. The van der Waals surface area contributed by atoms with Crippen molar-refractivity contribution in [3.05, 3.63) is 70.8 Å². The van der Waals surface area contributed by atoms with Gasteiger partial charge in [0.05, 0.1) is 23.4 Å². The molecular formula is C37H36N4O3S. The molecule has 45 heavy (non-hydrogen) atoms. The first-order chi connectivity index (χ1) is 21.9. The predicted molar refractivity (Wildman–Crippen MR) is 178 cm³/mol. The molecule has 2 aliphatic carbocycles. The third-order valence-corrected chi connectivity index (χ3v) is 12.2. The van der Waals surface area contributed by atoms with Crippen molar-refractivity contribution in [3.63, 3.8) is 0 Å². The van der Waals surface area contributed by atoms with Gasteiger partial charge in [0.1, 0.15) is 11.4 Å². The fourth-order valence-corrected chi connectivity index (χ4v) is 9.48. The van der Waals surface area contributed by atoms with Gasteiger partial charge in [0.25, 0.3) is 11.8 Å². The van der Waals surface area contributed by atoms with Gasteiger partial charge in [0.2, 0.25) is 0 Å². The van der Waals surface area contributed by atoms with Gasteiger partial charge in [0, 0.05) is 57.8 Å². The van der Waals surface area contributed by atoms with E-state index in [0.717, 1.165) is 74.3 Å². The Hall–Kier alpha value is -4.17. The number of carbonyl (C=O) groups is 2. The zero-order valence-corrected chi connectivity index (χ0v) is 26.7. The maximum atomic E-state index is 13.8. The number of likely N-dealkylation sites (tertiary alicyclic amines) is 1. The molecular weight excluding hydrogens is 580 g/mol. The maximum Gasteiger partial charge on any atom is 0.254 e. The summed E-state index contributed by atoms with van der Waals surface area (Å²) in [6.45, 7) is 6.85. The lowest BCUT2D eigenvalue weighted by Gasteiger charge is -2.27. The van der Waals surface area contributed by atoms with E-state index in [0.29, 0.717) is 30.3 Å². The monoisotopic (exact) mass is 616 g/mol. The van der Waals surface area contributed by atoms with Crippen LogP contribution >= 0.6 is 11.3 Å². The van der Waals surface area contributed by atoms with Crippen molar-refractivity contribution in [2.45, 2.75) is 58.7 Å². The molecule has 7 nitrogen and oxygen atoms in total. The highest BCUT2D eigenvalue weighted by atomic mass is 32.1. The van der Waals surface area contributed by atoms with Gasteiger partial charge in [-0.25, -0.2) is 4.98 Å². The first-order valence-corrected chi connectivity index (χ1v) is 17.0. The van der Waals surface area contributed by atoms with E-state index in [1.807, 2.05) is 18.2 Å². The molecule has 3 aromatic heterocycles. The number of pyridine rings is 1. The summed E-state index contributed by atoms with van der Waals surface area (Å²) in [5.74, 6) is 2.77. The Balaban J connectivity index is 1.15. The molecule has 2 aliphatic heterocycles. The molecule has 5 heterocycles. The highest BCUT2D eigenvalue weighted by Gasteiger charge is 2.46. The molecule has 2 unspecified atom stereocenters.